The number of thioether (sulfide) groups is 1. The van der Waals surface area contributed by atoms with Gasteiger partial charge in [0.2, 0.25) is 0 Å². The van der Waals surface area contributed by atoms with Crippen LogP contribution in [-0.4, -0.2) is 62.3 Å². The molecule has 4 heteroatoms. The lowest BCUT2D eigenvalue weighted by atomic mass is 10.2. The largest absolute Gasteiger partial charge is 0.383 e. The van der Waals surface area contributed by atoms with E-state index in [-0.39, 0.29) is 0 Å². The Morgan fingerprint density at radius 1 is 1.47 bits per heavy atom. The van der Waals surface area contributed by atoms with Gasteiger partial charge in [0.05, 0.1) is 6.61 Å². The first-order valence-electron chi connectivity index (χ1n) is 5.89. The van der Waals surface area contributed by atoms with E-state index in [2.05, 4.69) is 28.9 Å². The van der Waals surface area contributed by atoms with Crippen molar-refractivity contribution in [3.63, 3.8) is 0 Å². The molecule has 0 bridgehead atoms. The van der Waals surface area contributed by atoms with Gasteiger partial charge >= 0.3 is 0 Å². The molecule has 90 valence electrons. The quantitative estimate of drug-likeness (QED) is 0.709. The molecule has 15 heavy (non-hydrogen) atoms. The molecule has 0 radical (unpaired) electrons. The van der Waals surface area contributed by atoms with Crippen LogP contribution >= 0.6 is 11.8 Å². The summed E-state index contributed by atoms with van der Waals surface area (Å²) in [7, 11) is 1.77. The fourth-order valence-electron chi connectivity index (χ4n) is 1.79. The lowest BCUT2D eigenvalue weighted by Gasteiger charge is -2.26. The molecule has 1 saturated heterocycles. The zero-order chi connectivity index (χ0) is 10.9. The number of ether oxygens (including phenoxy) is 1. The van der Waals surface area contributed by atoms with E-state index in [9.17, 15) is 0 Å². The number of methoxy groups -OCH3 is 1. The highest BCUT2D eigenvalue weighted by Gasteiger charge is 2.13. The van der Waals surface area contributed by atoms with Crippen LogP contribution in [0.15, 0.2) is 0 Å². The average Bonchev–Trinajstić information content (AvgIpc) is 2.31. The third-order valence-corrected chi connectivity index (χ3v) is 3.98. The molecule has 0 amide bonds. The smallest absolute Gasteiger partial charge is 0.0589 e. The molecule has 1 unspecified atom stereocenters. The summed E-state index contributed by atoms with van der Waals surface area (Å²) in [6, 6.07) is 0.723. The lowest BCUT2D eigenvalue weighted by Crippen LogP contribution is -2.40. The maximum absolute atomic E-state index is 5.10. The summed E-state index contributed by atoms with van der Waals surface area (Å²) >= 11 is 2.07. The van der Waals surface area contributed by atoms with Crippen molar-refractivity contribution in [1.82, 2.24) is 10.2 Å². The molecule has 0 saturated carbocycles. The van der Waals surface area contributed by atoms with E-state index in [0.29, 0.717) is 0 Å². The number of rotatable bonds is 7. The van der Waals surface area contributed by atoms with Gasteiger partial charge in [-0.1, -0.05) is 6.92 Å². The molecule has 1 rings (SSSR count). The minimum Gasteiger partial charge on any atom is -0.383 e. The summed E-state index contributed by atoms with van der Waals surface area (Å²) in [6.45, 7) is 7.63. The molecular weight excluding hydrogens is 208 g/mol. The lowest BCUT2D eigenvalue weighted by molar-refractivity contribution is 0.148. The zero-order valence-corrected chi connectivity index (χ0v) is 10.8. The highest BCUT2D eigenvalue weighted by atomic mass is 32.2. The Labute approximate surface area is 97.9 Å². The molecule has 1 heterocycles. The van der Waals surface area contributed by atoms with Crippen molar-refractivity contribution >= 4 is 11.8 Å². The van der Waals surface area contributed by atoms with Crippen LogP contribution in [0.2, 0.25) is 0 Å². The Kier molecular flexibility index (Phi) is 7.44. The third kappa shape index (κ3) is 5.76. The minimum absolute atomic E-state index is 0.723. The van der Waals surface area contributed by atoms with Crippen LogP contribution in [0, 0.1) is 0 Å². The fraction of sp³-hybridized carbons (Fsp3) is 1.00. The van der Waals surface area contributed by atoms with Crippen molar-refractivity contribution in [2.45, 2.75) is 19.4 Å². The Morgan fingerprint density at radius 2 is 2.33 bits per heavy atom. The Bertz CT molecular complexity index is 152. The third-order valence-electron chi connectivity index (χ3n) is 2.85. The van der Waals surface area contributed by atoms with Crippen LogP contribution in [0.1, 0.15) is 13.3 Å². The standard InChI is InChI=1S/C11H24N2OS/c1-3-13(7-8-14-2)6-4-11-10-15-9-5-12-11/h11-12H,3-10H2,1-2H3. The van der Waals surface area contributed by atoms with E-state index in [4.69, 9.17) is 4.74 Å². The van der Waals surface area contributed by atoms with Gasteiger partial charge in [0, 0.05) is 37.7 Å². The molecule has 3 nitrogen and oxygen atoms in total. The number of likely N-dealkylation sites (N-methyl/N-ethyl adjacent to an activating group) is 1. The molecule has 1 fully saturated rings. The Balaban J connectivity index is 2.09. The maximum Gasteiger partial charge on any atom is 0.0589 e. The first-order chi connectivity index (χ1) is 7.36. The molecule has 1 N–H and O–H groups in total. The van der Waals surface area contributed by atoms with Gasteiger partial charge in [-0.3, -0.25) is 0 Å². The van der Waals surface area contributed by atoms with E-state index in [1.165, 1.54) is 31.0 Å². The number of hydrogen-bond acceptors (Lipinski definition) is 4. The van der Waals surface area contributed by atoms with Crippen molar-refractivity contribution in [1.29, 1.82) is 0 Å². The van der Waals surface area contributed by atoms with E-state index >= 15 is 0 Å². The molecular formula is C11H24N2OS. The molecule has 1 atom stereocenters. The van der Waals surface area contributed by atoms with Gasteiger partial charge in [0.1, 0.15) is 0 Å². The average molecular weight is 232 g/mol. The number of hydrogen-bond donors (Lipinski definition) is 1. The van der Waals surface area contributed by atoms with Gasteiger partial charge in [-0.05, 0) is 19.5 Å². The molecule has 0 aliphatic carbocycles. The molecule has 0 spiro atoms. The van der Waals surface area contributed by atoms with E-state index in [1.54, 1.807) is 7.11 Å². The summed E-state index contributed by atoms with van der Waals surface area (Å²) in [6.07, 6.45) is 1.27. The van der Waals surface area contributed by atoms with Crippen LogP contribution in [0.4, 0.5) is 0 Å². The SMILES string of the molecule is CCN(CCOC)CCC1CSCCN1. The summed E-state index contributed by atoms with van der Waals surface area (Å²) in [5.41, 5.74) is 0. The van der Waals surface area contributed by atoms with Crippen molar-refractivity contribution in [2.75, 3.05) is 51.4 Å². The van der Waals surface area contributed by atoms with Crippen LogP contribution in [0.5, 0.6) is 0 Å². The molecule has 1 aliphatic rings. The Morgan fingerprint density at radius 3 is 2.93 bits per heavy atom. The van der Waals surface area contributed by atoms with Crippen LogP contribution in [-0.2, 0) is 4.74 Å². The van der Waals surface area contributed by atoms with E-state index in [1.807, 2.05) is 0 Å². The first-order valence-corrected chi connectivity index (χ1v) is 7.04. The zero-order valence-electron chi connectivity index (χ0n) is 10.00. The van der Waals surface area contributed by atoms with Crippen LogP contribution < -0.4 is 5.32 Å². The van der Waals surface area contributed by atoms with Gasteiger partial charge in [-0.25, -0.2) is 0 Å². The molecule has 0 aromatic heterocycles. The summed E-state index contributed by atoms with van der Waals surface area (Å²) < 4.78 is 5.10. The maximum atomic E-state index is 5.10. The van der Waals surface area contributed by atoms with Gasteiger partial charge in [-0.2, -0.15) is 11.8 Å². The van der Waals surface area contributed by atoms with Crippen molar-refractivity contribution in [2.24, 2.45) is 0 Å². The van der Waals surface area contributed by atoms with E-state index in [0.717, 1.165) is 25.7 Å². The molecule has 1 aliphatic heterocycles. The van der Waals surface area contributed by atoms with Crippen molar-refractivity contribution in [3.05, 3.63) is 0 Å². The van der Waals surface area contributed by atoms with Crippen molar-refractivity contribution in [3.8, 4) is 0 Å². The first kappa shape index (κ1) is 13.3. The highest BCUT2D eigenvalue weighted by Crippen LogP contribution is 2.10. The molecule has 0 aromatic carbocycles. The minimum atomic E-state index is 0.723. The van der Waals surface area contributed by atoms with E-state index < -0.39 is 0 Å². The van der Waals surface area contributed by atoms with Crippen LogP contribution in [0.25, 0.3) is 0 Å². The summed E-state index contributed by atoms with van der Waals surface area (Å²) in [4.78, 5) is 2.46. The molecule has 0 aromatic rings. The van der Waals surface area contributed by atoms with Gasteiger partial charge in [0.25, 0.3) is 0 Å². The summed E-state index contributed by atoms with van der Waals surface area (Å²) in [5.74, 6) is 2.56. The van der Waals surface area contributed by atoms with Gasteiger partial charge < -0.3 is 15.0 Å². The van der Waals surface area contributed by atoms with Crippen LogP contribution in [0.3, 0.4) is 0 Å². The normalized spacial score (nSPS) is 22.2. The fourth-order valence-corrected chi connectivity index (χ4v) is 2.79. The predicted octanol–water partition coefficient (Wildman–Crippen LogP) is 1.05. The number of nitrogens with zero attached hydrogens (tertiary/aromatic N) is 1. The second-order valence-corrected chi connectivity index (χ2v) is 5.09. The Hall–Kier alpha value is 0.230. The van der Waals surface area contributed by atoms with Gasteiger partial charge in [-0.15, -0.1) is 0 Å². The highest BCUT2D eigenvalue weighted by molar-refractivity contribution is 7.99. The predicted molar refractivity (Wildman–Crippen MR) is 67.7 cm³/mol. The second kappa shape index (κ2) is 8.39. The van der Waals surface area contributed by atoms with Crippen molar-refractivity contribution < 1.29 is 4.74 Å². The van der Waals surface area contributed by atoms with Gasteiger partial charge in [0.15, 0.2) is 0 Å². The number of nitrogens with one attached hydrogen (secondary N) is 1. The second-order valence-electron chi connectivity index (χ2n) is 3.94. The topological polar surface area (TPSA) is 24.5 Å². The summed E-state index contributed by atoms with van der Waals surface area (Å²) in [5, 5.41) is 3.58. The monoisotopic (exact) mass is 232 g/mol.